The van der Waals surface area contributed by atoms with Gasteiger partial charge in [0.15, 0.2) is 0 Å². The molecule has 1 aromatic rings. The average molecular weight is 324 g/mol. The number of carbonyl (C=O) groups is 2. The second-order valence-corrected chi connectivity index (χ2v) is 5.12. The van der Waals surface area contributed by atoms with E-state index in [9.17, 15) is 24.8 Å². The summed E-state index contributed by atoms with van der Waals surface area (Å²) in [5.41, 5.74) is -1.62. The van der Waals surface area contributed by atoms with Gasteiger partial charge in [-0.05, 0) is 25.0 Å². The van der Waals surface area contributed by atoms with Crippen LogP contribution in [0.15, 0.2) is 18.2 Å². The predicted octanol–water partition coefficient (Wildman–Crippen LogP) is 2.22. The molecule has 8 nitrogen and oxygen atoms in total. The molecule has 0 heterocycles. The molecule has 0 aliphatic heterocycles. The van der Waals surface area contributed by atoms with Crippen molar-refractivity contribution < 1.29 is 24.4 Å². The zero-order chi connectivity index (χ0) is 17.6. The highest BCUT2D eigenvalue weighted by molar-refractivity contribution is 5.98. The molecule has 0 aromatic heterocycles. The molecule has 0 aliphatic carbocycles. The number of nitro benzene ring substituents is 1. The maximum Gasteiger partial charge on any atom is 0.311 e. The van der Waals surface area contributed by atoms with Crippen LogP contribution in [0.25, 0.3) is 0 Å². The first kappa shape index (κ1) is 18.4. The fraction of sp³-hybridized carbons (Fsp3) is 0.467. The molecule has 23 heavy (non-hydrogen) atoms. The van der Waals surface area contributed by atoms with Gasteiger partial charge in [0.2, 0.25) is 0 Å². The first-order valence-corrected chi connectivity index (χ1v) is 7.15. The number of nitrogens with one attached hydrogen (secondary N) is 1. The lowest BCUT2D eigenvalue weighted by atomic mass is 9.82. The van der Waals surface area contributed by atoms with E-state index in [0.717, 1.165) is 0 Å². The van der Waals surface area contributed by atoms with Gasteiger partial charge in [0.05, 0.1) is 17.4 Å². The van der Waals surface area contributed by atoms with Gasteiger partial charge in [0, 0.05) is 12.6 Å². The molecule has 0 saturated carbocycles. The standard InChI is InChI=1S/C15H20N2O6/c1-4-15(5-2,14(19)20)9-16-13(18)11-8-10(23-3)6-7-12(11)17(21)22/h6-8H,4-5,9H2,1-3H3,(H,16,18)(H,19,20). The van der Waals surface area contributed by atoms with Crippen molar-refractivity contribution in [3.05, 3.63) is 33.9 Å². The number of rotatable bonds is 8. The van der Waals surface area contributed by atoms with Crippen LogP contribution in [0.3, 0.4) is 0 Å². The van der Waals surface area contributed by atoms with Gasteiger partial charge in [-0.2, -0.15) is 0 Å². The van der Waals surface area contributed by atoms with Gasteiger partial charge in [-0.25, -0.2) is 0 Å². The summed E-state index contributed by atoms with van der Waals surface area (Å²) in [4.78, 5) is 34.1. The number of nitro groups is 1. The third kappa shape index (κ3) is 3.97. The molecule has 0 radical (unpaired) electrons. The van der Waals surface area contributed by atoms with Crippen molar-refractivity contribution in [2.24, 2.45) is 5.41 Å². The Morgan fingerprint density at radius 2 is 1.96 bits per heavy atom. The summed E-state index contributed by atoms with van der Waals surface area (Å²) in [5.74, 6) is -1.41. The van der Waals surface area contributed by atoms with Crippen molar-refractivity contribution >= 4 is 17.6 Å². The highest BCUT2D eigenvalue weighted by Gasteiger charge is 2.35. The van der Waals surface area contributed by atoms with Crippen LogP contribution in [-0.2, 0) is 4.79 Å². The third-order valence-electron chi connectivity index (χ3n) is 4.04. The summed E-state index contributed by atoms with van der Waals surface area (Å²) in [6.45, 7) is 3.33. The second kappa shape index (κ2) is 7.57. The van der Waals surface area contributed by atoms with Crippen LogP contribution >= 0.6 is 0 Å². The lowest BCUT2D eigenvalue weighted by Crippen LogP contribution is -2.42. The number of carboxylic acid groups (broad SMARTS) is 1. The van der Waals surface area contributed by atoms with Crippen molar-refractivity contribution in [3.63, 3.8) is 0 Å². The summed E-state index contributed by atoms with van der Waals surface area (Å²) in [6, 6.07) is 3.82. The number of amides is 1. The van der Waals surface area contributed by atoms with Crippen molar-refractivity contribution in [3.8, 4) is 5.75 Å². The zero-order valence-electron chi connectivity index (χ0n) is 13.3. The molecule has 1 amide bonds. The van der Waals surface area contributed by atoms with E-state index in [-0.39, 0.29) is 17.8 Å². The van der Waals surface area contributed by atoms with Gasteiger partial charge in [-0.3, -0.25) is 19.7 Å². The number of hydrogen-bond acceptors (Lipinski definition) is 5. The maximum atomic E-state index is 12.3. The number of nitrogens with zero attached hydrogens (tertiary/aromatic N) is 1. The summed E-state index contributed by atoms with van der Waals surface area (Å²) < 4.78 is 4.97. The monoisotopic (exact) mass is 324 g/mol. The Hall–Kier alpha value is -2.64. The molecule has 0 aliphatic rings. The number of benzene rings is 1. The Morgan fingerprint density at radius 3 is 2.39 bits per heavy atom. The molecule has 1 rings (SSSR count). The van der Waals surface area contributed by atoms with Crippen molar-refractivity contribution in [2.75, 3.05) is 13.7 Å². The van der Waals surface area contributed by atoms with E-state index in [1.165, 1.54) is 25.3 Å². The molecule has 0 unspecified atom stereocenters. The molecule has 1 aromatic carbocycles. The number of methoxy groups -OCH3 is 1. The molecule has 0 fully saturated rings. The summed E-state index contributed by atoms with van der Waals surface area (Å²) >= 11 is 0. The highest BCUT2D eigenvalue weighted by atomic mass is 16.6. The predicted molar refractivity (Wildman–Crippen MR) is 82.6 cm³/mol. The minimum absolute atomic E-state index is 0.109. The quantitative estimate of drug-likeness (QED) is 0.559. The second-order valence-electron chi connectivity index (χ2n) is 5.12. The first-order valence-electron chi connectivity index (χ1n) is 7.15. The van der Waals surface area contributed by atoms with Crippen molar-refractivity contribution in [1.29, 1.82) is 0 Å². The molecular formula is C15H20N2O6. The van der Waals surface area contributed by atoms with Gasteiger partial charge >= 0.3 is 5.97 Å². The fourth-order valence-corrected chi connectivity index (χ4v) is 2.21. The number of carboxylic acids is 1. The smallest absolute Gasteiger partial charge is 0.311 e. The zero-order valence-corrected chi connectivity index (χ0v) is 13.3. The Morgan fingerprint density at radius 1 is 1.35 bits per heavy atom. The summed E-state index contributed by atoms with van der Waals surface area (Å²) in [5, 5.41) is 22.9. The van der Waals surface area contributed by atoms with Crippen LogP contribution < -0.4 is 10.1 Å². The van der Waals surface area contributed by atoms with Gasteiger partial charge in [-0.1, -0.05) is 13.8 Å². The van der Waals surface area contributed by atoms with E-state index in [0.29, 0.717) is 18.6 Å². The molecule has 2 N–H and O–H groups in total. The SMILES string of the molecule is CCC(CC)(CNC(=O)c1cc(OC)ccc1[N+](=O)[O-])C(=O)O. The molecule has 0 bridgehead atoms. The normalized spacial score (nSPS) is 10.9. The highest BCUT2D eigenvalue weighted by Crippen LogP contribution is 2.27. The maximum absolute atomic E-state index is 12.3. The van der Waals surface area contributed by atoms with Gasteiger partial charge in [-0.15, -0.1) is 0 Å². The van der Waals surface area contributed by atoms with E-state index < -0.39 is 22.2 Å². The minimum atomic E-state index is -1.09. The largest absolute Gasteiger partial charge is 0.497 e. The number of hydrogen-bond donors (Lipinski definition) is 2. The Bertz CT molecular complexity index is 610. The molecule has 8 heteroatoms. The van der Waals surface area contributed by atoms with Gasteiger partial charge < -0.3 is 15.2 Å². The van der Waals surface area contributed by atoms with E-state index >= 15 is 0 Å². The van der Waals surface area contributed by atoms with E-state index in [1.54, 1.807) is 13.8 Å². The van der Waals surface area contributed by atoms with Crippen LogP contribution in [0.2, 0.25) is 0 Å². The van der Waals surface area contributed by atoms with Crippen LogP contribution in [-0.4, -0.2) is 35.6 Å². The van der Waals surface area contributed by atoms with Gasteiger partial charge in [0.1, 0.15) is 11.3 Å². The average Bonchev–Trinajstić information content (AvgIpc) is 2.54. The Kier molecular flexibility index (Phi) is 6.06. The van der Waals surface area contributed by atoms with E-state index in [4.69, 9.17) is 4.74 Å². The lowest BCUT2D eigenvalue weighted by Gasteiger charge is -2.26. The first-order chi connectivity index (χ1) is 10.8. The molecule has 0 saturated heterocycles. The fourth-order valence-electron chi connectivity index (χ4n) is 2.21. The van der Waals surface area contributed by atoms with E-state index in [1.807, 2.05) is 0 Å². The van der Waals surface area contributed by atoms with Crippen molar-refractivity contribution in [1.82, 2.24) is 5.32 Å². The van der Waals surface area contributed by atoms with E-state index in [2.05, 4.69) is 5.32 Å². The summed E-state index contributed by atoms with van der Waals surface area (Å²) in [6.07, 6.45) is 0.665. The Labute approximate surface area is 133 Å². The molecule has 0 atom stereocenters. The minimum Gasteiger partial charge on any atom is -0.497 e. The number of aliphatic carboxylic acids is 1. The number of ether oxygens (including phenoxy) is 1. The topological polar surface area (TPSA) is 119 Å². The summed E-state index contributed by atoms with van der Waals surface area (Å²) in [7, 11) is 1.38. The lowest BCUT2D eigenvalue weighted by molar-refractivity contribution is -0.385. The third-order valence-corrected chi connectivity index (χ3v) is 4.04. The van der Waals surface area contributed by atoms with Gasteiger partial charge in [0.25, 0.3) is 11.6 Å². The molecular weight excluding hydrogens is 304 g/mol. The number of carbonyl (C=O) groups excluding carboxylic acids is 1. The van der Waals surface area contributed by atoms with Crippen LogP contribution in [0.4, 0.5) is 5.69 Å². The molecule has 126 valence electrons. The van der Waals surface area contributed by atoms with Crippen LogP contribution in [0, 0.1) is 15.5 Å². The van der Waals surface area contributed by atoms with Crippen LogP contribution in [0.5, 0.6) is 5.75 Å². The Balaban J connectivity index is 3.06. The van der Waals surface area contributed by atoms with Crippen molar-refractivity contribution in [2.45, 2.75) is 26.7 Å². The molecule has 0 spiro atoms. The van der Waals surface area contributed by atoms with Crippen LogP contribution in [0.1, 0.15) is 37.0 Å².